The summed E-state index contributed by atoms with van der Waals surface area (Å²) in [5.74, 6) is -2.17. The SMILES string of the molecule is CCC1(C(=O)O)CCCN(C(=O)c2cccc(Cl)c2F)C1. The maximum atomic E-state index is 13.9. The van der Waals surface area contributed by atoms with Gasteiger partial charge in [0, 0.05) is 13.1 Å². The number of carboxylic acid groups (broad SMARTS) is 1. The minimum atomic E-state index is -0.942. The number of likely N-dealkylation sites (tertiary alicyclic amines) is 1. The van der Waals surface area contributed by atoms with E-state index in [1.54, 1.807) is 6.92 Å². The van der Waals surface area contributed by atoms with Gasteiger partial charge in [-0.05, 0) is 31.4 Å². The maximum Gasteiger partial charge on any atom is 0.311 e. The first kappa shape index (κ1) is 15.8. The third-order valence-electron chi connectivity index (χ3n) is 4.18. The van der Waals surface area contributed by atoms with Crippen LogP contribution in [0.25, 0.3) is 0 Å². The highest BCUT2D eigenvalue weighted by Gasteiger charge is 2.42. The zero-order valence-electron chi connectivity index (χ0n) is 11.7. The number of hydrogen-bond donors (Lipinski definition) is 1. The van der Waals surface area contributed by atoms with Crippen molar-refractivity contribution in [2.75, 3.05) is 13.1 Å². The van der Waals surface area contributed by atoms with Crippen LogP contribution in [0.15, 0.2) is 18.2 Å². The molecule has 4 nitrogen and oxygen atoms in total. The molecule has 0 aliphatic carbocycles. The molecule has 114 valence electrons. The monoisotopic (exact) mass is 313 g/mol. The average molecular weight is 314 g/mol. The summed E-state index contributed by atoms with van der Waals surface area (Å²) < 4.78 is 13.9. The molecule has 1 N–H and O–H groups in total. The molecule has 0 bridgehead atoms. The van der Waals surface area contributed by atoms with Gasteiger partial charge in [-0.15, -0.1) is 0 Å². The molecule has 1 atom stereocenters. The van der Waals surface area contributed by atoms with Crippen molar-refractivity contribution in [2.24, 2.45) is 5.41 Å². The van der Waals surface area contributed by atoms with Crippen LogP contribution in [0.5, 0.6) is 0 Å². The number of halogens is 2. The minimum absolute atomic E-state index is 0.101. The van der Waals surface area contributed by atoms with Crippen LogP contribution in [0.1, 0.15) is 36.5 Å². The van der Waals surface area contributed by atoms with E-state index < -0.39 is 23.1 Å². The first-order chi connectivity index (χ1) is 9.91. The summed E-state index contributed by atoms with van der Waals surface area (Å²) in [6.45, 7) is 2.32. The summed E-state index contributed by atoms with van der Waals surface area (Å²) in [4.78, 5) is 25.3. The molecule has 1 heterocycles. The molecule has 6 heteroatoms. The molecule has 1 saturated heterocycles. The van der Waals surface area contributed by atoms with Crippen molar-refractivity contribution in [1.82, 2.24) is 4.90 Å². The molecule has 1 aromatic carbocycles. The minimum Gasteiger partial charge on any atom is -0.481 e. The van der Waals surface area contributed by atoms with Gasteiger partial charge in [-0.2, -0.15) is 0 Å². The maximum absolute atomic E-state index is 13.9. The van der Waals surface area contributed by atoms with E-state index in [0.29, 0.717) is 25.8 Å². The lowest BCUT2D eigenvalue weighted by atomic mass is 9.77. The van der Waals surface area contributed by atoms with Crippen LogP contribution in [0.2, 0.25) is 5.02 Å². The molecule has 1 unspecified atom stereocenters. The Morgan fingerprint density at radius 2 is 2.19 bits per heavy atom. The molecular weight excluding hydrogens is 297 g/mol. The van der Waals surface area contributed by atoms with E-state index in [4.69, 9.17) is 11.6 Å². The van der Waals surface area contributed by atoms with E-state index in [9.17, 15) is 19.1 Å². The molecule has 1 aliphatic rings. The predicted molar refractivity (Wildman–Crippen MR) is 76.9 cm³/mol. The van der Waals surface area contributed by atoms with Gasteiger partial charge in [0.2, 0.25) is 0 Å². The van der Waals surface area contributed by atoms with Crippen molar-refractivity contribution in [2.45, 2.75) is 26.2 Å². The van der Waals surface area contributed by atoms with E-state index in [2.05, 4.69) is 0 Å². The first-order valence-corrected chi connectivity index (χ1v) is 7.26. The normalized spacial score (nSPS) is 22.1. The summed E-state index contributed by atoms with van der Waals surface area (Å²) in [5.41, 5.74) is -1.05. The third-order valence-corrected chi connectivity index (χ3v) is 4.47. The fraction of sp³-hybridized carbons (Fsp3) is 0.467. The standard InChI is InChI=1S/C15H17ClFNO3/c1-2-15(14(20)21)7-4-8-18(9-15)13(19)10-5-3-6-11(16)12(10)17/h3,5-6H,2,4,7-9H2,1H3,(H,20,21). The van der Waals surface area contributed by atoms with Crippen molar-refractivity contribution < 1.29 is 19.1 Å². The smallest absolute Gasteiger partial charge is 0.311 e. The van der Waals surface area contributed by atoms with Gasteiger partial charge in [0.05, 0.1) is 16.0 Å². The van der Waals surface area contributed by atoms with Crippen LogP contribution in [-0.2, 0) is 4.79 Å². The van der Waals surface area contributed by atoms with Crippen LogP contribution in [-0.4, -0.2) is 35.0 Å². The van der Waals surface area contributed by atoms with Crippen molar-refractivity contribution >= 4 is 23.5 Å². The summed E-state index contributed by atoms with van der Waals surface area (Å²) in [5, 5.41) is 9.31. The second-order valence-corrected chi connectivity index (χ2v) is 5.78. The Labute approximate surface area is 127 Å². The highest BCUT2D eigenvalue weighted by Crippen LogP contribution is 2.34. The number of amides is 1. The Balaban J connectivity index is 2.27. The van der Waals surface area contributed by atoms with Gasteiger partial charge in [-0.25, -0.2) is 4.39 Å². The summed E-state index contributed by atoms with van der Waals surface area (Å²) in [6, 6.07) is 4.25. The van der Waals surface area contributed by atoms with E-state index in [1.807, 2.05) is 0 Å². The van der Waals surface area contributed by atoms with Gasteiger partial charge in [0.1, 0.15) is 0 Å². The van der Waals surface area contributed by atoms with Gasteiger partial charge in [-0.3, -0.25) is 9.59 Å². The zero-order chi connectivity index (χ0) is 15.6. The summed E-state index contributed by atoms with van der Waals surface area (Å²) >= 11 is 5.69. The summed E-state index contributed by atoms with van der Waals surface area (Å²) in [6.07, 6.45) is 1.55. The lowest BCUT2D eigenvalue weighted by Gasteiger charge is -2.39. The molecule has 0 spiro atoms. The lowest BCUT2D eigenvalue weighted by Crippen LogP contribution is -2.49. The number of piperidine rings is 1. The average Bonchev–Trinajstić information content (AvgIpc) is 2.49. The number of hydrogen-bond acceptors (Lipinski definition) is 2. The molecule has 21 heavy (non-hydrogen) atoms. The molecule has 1 aliphatic heterocycles. The predicted octanol–water partition coefficient (Wildman–Crippen LogP) is 3.20. The van der Waals surface area contributed by atoms with Gasteiger partial charge >= 0.3 is 5.97 Å². The van der Waals surface area contributed by atoms with E-state index in [0.717, 1.165) is 0 Å². The highest BCUT2D eigenvalue weighted by molar-refractivity contribution is 6.31. The van der Waals surface area contributed by atoms with Crippen molar-refractivity contribution in [3.63, 3.8) is 0 Å². The van der Waals surface area contributed by atoms with Crippen molar-refractivity contribution in [3.05, 3.63) is 34.6 Å². The van der Waals surface area contributed by atoms with Crippen molar-refractivity contribution in [1.29, 1.82) is 0 Å². The molecule has 1 aromatic rings. The number of carbonyl (C=O) groups excluding carboxylic acids is 1. The van der Waals surface area contributed by atoms with Crippen LogP contribution in [0.3, 0.4) is 0 Å². The molecule has 1 fully saturated rings. The lowest BCUT2D eigenvalue weighted by molar-refractivity contribution is -0.152. The topological polar surface area (TPSA) is 57.6 Å². The highest BCUT2D eigenvalue weighted by atomic mass is 35.5. The van der Waals surface area contributed by atoms with Gasteiger partial charge in [0.25, 0.3) is 5.91 Å². The van der Waals surface area contributed by atoms with Crippen LogP contribution in [0.4, 0.5) is 4.39 Å². The summed E-state index contributed by atoms with van der Waals surface area (Å²) in [7, 11) is 0. The molecule has 0 aromatic heterocycles. The van der Waals surface area contributed by atoms with Crippen LogP contribution >= 0.6 is 11.6 Å². The zero-order valence-corrected chi connectivity index (χ0v) is 12.5. The fourth-order valence-electron chi connectivity index (χ4n) is 2.76. The Morgan fingerprint density at radius 3 is 2.81 bits per heavy atom. The van der Waals surface area contributed by atoms with E-state index >= 15 is 0 Å². The van der Waals surface area contributed by atoms with Crippen LogP contribution in [0, 0.1) is 11.2 Å². The van der Waals surface area contributed by atoms with Crippen molar-refractivity contribution in [3.8, 4) is 0 Å². The molecule has 2 rings (SSSR count). The Morgan fingerprint density at radius 1 is 1.48 bits per heavy atom. The number of carboxylic acids is 1. The van der Waals surface area contributed by atoms with Gasteiger partial charge < -0.3 is 10.0 Å². The Hall–Kier alpha value is -1.62. The largest absolute Gasteiger partial charge is 0.481 e. The van der Waals surface area contributed by atoms with E-state index in [-0.39, 0.29) is 17.1 Å². The van der Waals surface area contributed by atoms with E-state index in [1.165, 1.54) is 23.1 Å². The fourth-order valence-corrected chi connectivity index (χ4v) is 2.93. The molecule has 0 radical (unpaired) electrons. The van der Waals surface area contributed by atoms with Gasteiger partial charge in [0.15, 0.2) is 5.82 Å². The number of benzene rings is 1. The second kappa shape index (κ2) is 6.02. The van der Waals surface area contributed by atoms with Gasteiger partial charge in [-0.1, -0.05) is 24.6 Å². The quantitative estimate of drug-likeness (QED) is 0.932. The number of nitrogens with zero attached hydrogens (tertiary/aromatic N) is 1. The van der Waals surface area contributed by atoms with Crippen LogP contribution < -0.4 is 0 Å². The number of aliphatic carboxylic acids is 1. The molecular formula is C15H17ClFNO3. The third kappa shape index (κ3) is 2.88. The second-order valence-electron chi connectivity index (χ2n) is 5.37. The molecule has 1 amide bonds. The number of rotatable bonds is 3. The number of carbonyl (C=O) groups is 2. The Kier molecular flexibility index (Phi) is 4.52. The first-order valence-electron chi connectivity index (χ1n) is 6.88. The molecule has 0 saturated carbocycles. The Bertz CT molecular complexity index is 578.